The van der Waals surface area contributed by atoms with Crippen molar-refractivity contribution in [1.29, 1.82) is 0 Å². The number of aromatic nitrogens is 2. The molecule has 0 saturated heterocycles. The van der Waals surface area contributed by atoms with Crippen molar-refractivity contribution in [3.63, 3.8) is 0 Å². The monoisotopic (exact) mass is 485 g/mol. The molecule has 1 atom stereocenters. The van der Waals surface area contributed by atoms with E-state index in [2.05, 4.69) is 66.6 Å². The summed E-state index contributed by atoms with van der Waals surface area (Å²) in [5, 5.41) is 10.9. The molecule has 1 aromatic heterocycles. The van der Waals surface area contributed by atoms with E-state index in [4.69, 9.17) is 4.74 Å². The topological polar surface area (TPSA) is 63.5 Å². The van der Waals surface area contributed by atoms with Crippen LogP contribution in [0.1, 0.15) is 43.9 Å². The van der Waals surface area contributed by atoms with E-state index in [9.17, 15) is 0 Å². The quantitative estimate of drug-likeness (QED) is 0.340. The van der Waals surface area contributed by atoms with Crippen LogP contribution in [-0.2, 0) is 20.1 Å². The first-order valence-electron chi connectivity index (χ1n) is 9.27. The third-order valence-electron chi connectivity index (χ3n) is 4.09. The molecule has 0 radical (unpaired) electrons. The Morgan fingerprint density at radius 3 is 2.70 bits per heavy atom. The molecule has 0 aliphatic heterocycles. The SMILES string of the molecule is CCNC(=NCc1cnn(C)c1)NCc1ccc(C)cc1OC(C)CC.I. The van der Waals surface area contributed by atoms with Crippen LogP contribution in [0, 0.1) is 6.92 Å². The second-order valence-corrected chi connectivity index (χ2v) is 6.52. The second-order valence-electron chi connectivity index (χ2n) is 6.52. The molecule has 0 amide bonds. The molecule has 0 aliphatic rings. The second kappa shape index (κ2) is 11.8. The van der Waals surface area contributed by atoms with Gasteiger partial charge >= 0.3 is 0 Å². The van der Waals surface area contributed by atoms with E-state index in [1.807, 2.05) is 19.4 Å². The van der Waals surface area contributed by atoms with Crippen LogP contribution < -0.4 is 15.4 Å². The lowest BCUT2D eigenvalue weighted by molar-refractivity contribution is 0.215. The van der Waals surface area contributed by atoms with Crippen LogP contribution in [-0.4, -0.2) is 28.4 Å². The number of ether oxygens (including phenoxy) is 1. The number of aliphatic imine (C=N–C) groups is 1. The number of benzene rings is 1. The Kier molecular flexibility index (Phi) is 10.2. The Hall–Kier alpha value is -1.77. The van der Waals surface area contributed by atoms with Gasteiger partial charge in [-0.25, -0.2) is 4.99 Å². The lowest BCUT2D eigenvalue weighted by atomic mass is 10.1. The van der Waals surface area contributed by atoms with Crippen LogP contribution >= 0.6 is 24.0 Å². The molecule has 2 N–H and O–H groups in total. The van der Waals surface area contributed by atoms with Gasteiger partial charge in [-0.15, -0.1) is 24.0 Å². The van der Waals surface area contributed by atoms with Crippen molar-refractivity contribution in [2.24, 2.45) is 12.0 Å². The van der Waals surface area contributed by atoms with Gasteiger partial charge in [-0.3, -0.25) is 4.68 Å². The summed E-state index contributed by atoms with van der Waals surface area (Å²) in [4.78, 5) is 4.64. The highest BCUT2D eigenvalue weighted by atomic mass is 127. The lowest BCUT2D eigenvalue weighted by Gasteiger charge is -2.18. The molecule has 7 heteroatoms. The first-order valence-corrected chi connectivity index (χ1v) is 9.27. The largest absolute Gasteiger partial charge is 0.490 e. The van der Waals surface area contributed by atoms with Gasteiger partial charge in [-0.1, -0.05) is 19.1 Å². The van der Waals surface area contributed by atoms with Crippen molar-refractivity contribution < 1.29 is 4.74 Å². The molecule has 1 unspecified atom stereocenters. The molecule has 0 bridgehead atoms. The van der Waals surface area contributed by atoms with E-state index in [0.29, 0.717) is 13.1 Å². The average Bonchev–Trinajstić information content (AvgIpc) is 3.04. The summed E-state index contributed by atoms with van der Waals surface area (Å²) in [7, 11) is 1.91. The zero-order valence-electron chi connectivity index (χ0n) is 17.0. The maximum Gasteiger partial charge on any atom is 0.191 e. The van der Waals surface area contributed by atoms with E-state index in [0.717, 1.165) is 35.8 Å². The molecule has 0 spiro atoms. The summed E-state index contributed by atoms with van der Waals surface area (Å²) < 4.78 is 7.88. The number of guanidine groups is 1. The number of rotatable bonds is 8. The Labute approximate surface area is 179 Å². The molecule has 2 aromatic rings. The molecule has 0 aliphatic carbocycles. The normalized spacial score (nSPS) is 12.3. The van der Waals surface area contributed by atoms with Gasteiger partial charge in [0.15, 0.2) is 5.96 Å². The van der Waals surface area contributed by atoms with E-state index < -0.39 is 0 Å². The van der Waals surface area contributed by atoms with E-state index >= 15 is 0 Å². The predicted octanol–water partition coefficient (Wildman–Crippen LogP) is 3.78. The first kappa shape index (κ1) is 23.3. The van der Waals surface area contributed by atoms with Crippen LogP contribution in [0.25, 0.3) is 0 Å². The minimum atomic E-state index is 0. The number of halogens is 1. The standard InChI is InChI=1S/C20H31N5O.HI/c1-6-16(4)26-19-10-15(3)8-9-18(19)13-23-20(21-7-2)22-11-17-12-24-25(5)14-17;/h8-10,12,14,16H,6-7,11,13H2,1-5H3,(H2,21,22,23);1H. The van der Waals surface area contributed by atoms with Crippen molar-refractivity contribution in [3.05, 3.63) is 47.3 Å². The molecule has 150 valence electrons. The Balaban J connectivity index is 0.00000364. The van der Waals surface area contributed by atoms with Crippen LogP contribution in [0.4, 0.5) is 0 Å². The van der Waals surface area contributed by atoms with Crippen molar-refractivity contribution >= 4 is 29.9 Å². The fourth-order valence-corrected chi connectivity index (χ4v) is 2.46. The lowest BCUT2D eigenvalue weighted by Crippen LogP contribution is -2.36. The first-order chi connectivity index (χ1) is 12.5. The summed E-state index contributed by atoms with van der Waals surface area (Å²) in [6.45, 7) is 10.4. The number of nitrogens with zero attached hydrogens (tertiary/aromatic N) is 3. The molecular formula is C20H32IN5O. The third-order valence-corrected chi connectivity index (χ3v) is 4.09. The number of nitrogens with one attached hydrogen (secondary N) is 2. The molecule has 1 heterocycles. The summed E-state index contributed by atoms with van der Waals surface area (Å²) in [5.74, 6) is 1.72. The Bertz CT molecular complexity index is 729. The molecular weight excluding hydrogens is 453 g/mol. The van der Waals surface area contributed by atoms with Crippen molar-refractivity contribution in [2.75, 3.05) is 6.54 Å². The fourth-order valence-electron chi connectivity index (χ4n) is 2.46. The molecule has 27 heavy (non-hydrogen) atoms. The smallest absolute Gasteiger partial charge is 0.191 e. The van der Waals surface area contributed by atoms with Crippen molar-refractivity contribution in [3.8, 4) is 5.75 Å². The highest BCUT2D eigenvalue weighted by Gasteiger charge is 2.09. The predicted molar refractivity (Wildman–Crippen MR) is 122 cm³/mol. The van der Waals surface area contributed by atoms with Crippen LogP contribution in [0.5, 0.6) is 5.75 Å². The summed E-state index contributed by atoms with van der Waals surface area (Å²) in [5.41, 5.74) is 3.41. The van der Waals surface area contributed by atoms with Crippen molar-refractivity contribution in [2.45, 2.75) is 53.3 Å². The highest BCUT2D eigenvalue weighted by Crippen LogP contribution is 2.22. The summed E-state index contributed by atoms with van der Waals surface area (Å²) in [6.07, 6.45) is 5.00. The minimum Gasteiger partial charge on any atom is -0.490 e. The van der Waals surface area contributed by atoms with Gasteiger partial charge in [0, 0.05) is 37.5 Å². The van der Waals surface area contributed by atoms with Gasteiger partial charge in [0.1, 0.15) is 5.75 Å². The zero-order valence-corrected chi connectivity index (χ0v) is 19.3. The van der Waals surface area contributed by atoms with Crippen LogP contribution in [0.3, 0.4) is 0 Å². The minimum absolute atomic E-state index is 0. The van der Waals surface area contributed by atoms with Gasteiger partial charge in [0.25, 0.3) is 0 Å². The average molecular weight is 485 g/mol. The number of hydrogen-bond donors (Lipinski definition) is 2. The molecule has 0 saturated carbocycles. The fraction of sp³-hybridized carbons (Fsp3) is 0.500. The summed E-state index contributed by atoms with van der Waals surface area (Å²) in [6, 6.07) is 6.33. The number of aryl methyl sites for hydroxylation is 2. The Morgan fingerprint density at radius 1 is 1.30 bits per heavy atom. The van der Waals surface area contributed by atoms with E-state index in [1.54, 1.807) is 4.68 Å². The molecule has 2 rings (SSSR count). The Morgan fingerprint density at radius 2 is 2.07 bits per heavy atom. The summed E-state index contributed by atoms with van der Waals surface area (Å²) >= 11 is 0. The van der Waals surface area contributed by atoms with Gasteiger partial charge in [-0.2, -0.15) is 5.10 Å². The highest BCUT2D eigenvalue weighted by molar-refractivity contribution is 14.0. The van der Waals surface area contributed by atoms with Gasteiger partial charge in [0.05, 0.1) is 18.8 Å². The third kappa shape index (κ3) is 7.78. The van der Waals surface area contributed by atoms with Gasteiger partial charge < -0.3 is 15.4 Å². The maximum absolute atomic E-state index is 6.09. The van der Waals surface area contributed by atoms with Crippen molar-refractivity contribution in [1.82, 2.24) is 20.4 Å². The van der Waals surface area contributed by atoms with E-state index in [-0.39, 0.29) is 30.1 Å². The van der Waals surface area contributed by atoms with E-state index in [1.165, 1.54) is 5.56 Å². The molecule has 0 fully saturated rings. The van der Waals surface area contributed by atoms with Crippen LogP contribution in [0.2, 0.25) is 0 Å². The maximum atomic E-state index is 6.09. The van der Waals surface area contributed by atoms with Gasteiger partial charge in [-0.05, 0) is 38.8 Å². The van der Waals surface area contributed by atoms with Gasteiger partial charge in [0.2, 0.25) is 0 Å². The zero-order chi connectivity index (χ0) is 18.9. The van der Waals surface area contributed by atoms with Crippen LogP contribution in [0.15, 0.2) is 35.6 Å². The molecule has 1 aromatic carbocycles. The number of hydrogen-bond acceptors (Lipinski definition) is 3. The molecule has 6 nitrogen and oxygen atoms in total.